The molecule has 0 rings (SSSR count). The Morgan fingerprint density at radius 3 is 2.24 bits per heavy atom. The zero-order chi connectivity index (χ0) is 16.1. The van der Waals surface area contributed by atoms with Crippen LogP contribution in [0.1, 0.15) is 47.0 Å². The molecule has 0 radical (unpaired) electrons. The van der Waals surface area contributed by atoms with Crippen LogP contribution in [-0.2, 0) is 0 Å². The quantitative estimate of drug-likeness (QED) is 0.416. The molecule has 21 heavy (non-hydrogen) atoms. The molecule has 0 aromatic carbocycles. The van der Waals surface area contributed by atoms with Gasteiger partial charge in [-0.2, -0.15) is 5.26 Å². The molecule has 0 aromatic heterocycles. The first-order valence-electron chi connectivity index (χ1n) is 7.93. The van der Waals surface area contributed by atoms with Crippen molar-refractivity contribution in [1.29, 1.82) is 5.26 Å². The lowest BCUT2D eigenvalue weighted by molar-refractivity contribution is 0.280. The van der Waals surface area contributed by atoms with E-state index in [1.807, 2.05) is 19.9 Å². The Morgan fingerprint density at radius 2 is 1.81 bits per heavy atom. The van der Waals surface area contributed by atoms with Gasteiger partial charge in [0.2, 0.25) is 0 Å². The summed E-state index contributed by atoms with van der Waals surface area (Å²) in [5.74, 6) is 0. The Kier molecular flexibility index (Phi) is 11.3. The molecule has 0 fully saturated rings. The highest BCUT2D eigenvalue weighted by Crippen LogP contribution is 2.16. The van der Waals surface area contributed by atoms with E-state index in [2.05, 4.69) is 43.5 Å². The molecule has 0 saturated carbocycles. The van der Waals surface area contributed by atoms with Gasteiger partial charge in [-0.3, -0.25) is 0 Å². The van der Waals surface area contributed by atoms with Crippen LogP contribution in [0, 0.1) is 11.3 Å². The highest BCUT2D eigenvalue weighted by Gasteiger charge is 2.02. The third kappa shape index (κ3) is 7.68. The van der Waals surface area contributed by atoms with Crippen LogP contribution in [0.25, 0.3) is 0 Å². The van der Waals surface area contributed by atoms with Crippen molar-refractivity contribution in [1.82, 2.24) is 4.90 Å². The van der Waals surface area contributed by atoms with E-state index < -0.39 is 0 Å². The Hall–Kier alpha value is -1.59. The lowest BCUT2D eigenvalue weighted by atomic mass is 10.0. The SMILES string of the molecule is C=C\C(C#N)=C(C)/C(=C\C)/C=C/CCN(CCC)CCC. The van der Waals surface area contributed by atoms with Crippen molar-refractivity contribution in [3.05, 3.63) is 47.6 Å². The minimum Gasteiger partial charge on any atom is -0.303 e. The van der Waals surface area contributed by atoms with Gasteiger partial charge in [0, 0.05) is 6.54 Å². The monoisotopic (exact) mass is 286 g/mol. The van der Waals surface area contributed by atoms with Gasteiger partial charge in [-0.15, -0.1) is 0 Å². The van der Waals surface area contributed by atoms with Crippen LogP contribution >= 0.6 is 0 Å². The van der Waals surface area contributed by atoms with E-state index in [9.17, 15) is 0 Å². The van der Waals surface area contributed by atoms with Gasteiger partial charge in [-0.1, -0.05) is 44.7 Å². The van der Waals surface area contributed by atoms with Gasteiger partial charge in [0.25, 0.3) is 0 Å². The van der Waals surface area contributed by atoms with E-state index >= 15 is 0 Å². The largest absolute Gasteiger partial charge is 0.303 e. The molecule has 0 unspecified atom stereocenters. The summed E-state index contributed by atoms with van der Waals surface area (Å²) in [6, 6.07) is 2.19. The molecule has 0 amide bonds. The molecule has 0 spiro atoms. The lowest BCUT2D eigenvalue weighted by Gasteiger charge is -2.19. The summed E-state index contributed by atoms with van der Waals surface area (Å²) < 4.78 is 0. The molecule has 116 valence electrons. The molecule has 0 aliphatic carbocycles. The summed E-state index contributed by atoms with van der Waals surface area (Å²) in [4.78, 5) is 2.51. The Balaban J connectivity index is 4.62. The zero-order valence-corrected chi connectivity index (χ0v) is 14.2. The Labute approximate surface area is 131 Å². The number of allylic oxidation sites excluding steroid dienone is 6. The van der Waals surface area contributed by atoms with Crippen molar-refractivity contribution in [2.45, 2.75) is 47.0 Å². The topological polar surface area (TPSA) is 27.0 Å². The van der Waals surface area contributed by atoms with Gasteiger partial charge in [0.1, 0.15) is 0 Å². The molecular weight excluding hydrogens is 256 g/mol. The number of rotatable bonds is 10. The van der Waals surface area contributed by atoms with Gasteiger partial charge in [-0.05, 0) is 57.3 Å². The maximum atomic E-state index is 9.07. The number of hydrogen-bond donors (Lipinski definition) is 0. The number of nitriles is 1. The predicted octanol–water partition coefficient (Wildman–Crippen LogP) is 5.03. The molecule has 2 nitrogen and oxygen atoms in total. The highest BCUT2D eigenvalue weighted by atomic mass is 15.1. The van der Waals surface area contributed by atoms with Crippen molar-refractivity contribution in [3.8, 4) is 6.07 Å². The molecule has 2 heteroatoms. The van der Waals surface area contributed by atoms with Crippen molar-refractivity contribution in [2.75, 3.05) is 19.6 Å². The molecule has 0 aromatic rings. The minimum atomic E-state index is 0.645. The summed E-state index contributed by atoms with van der Waals surface area (Å²) in [7, 11) is 0. The average molecular weight is 286 g/mol. The molecule has 0 N–H and O–H groups in total. The predicted molar refractivity (Wildman–Crippen MR) is 93.0 cm³/mol. The molecule has 0 saturated heterocycles. The van der Waals surface area contributed by atoms with Gasteiger partial charge in [-0.25, -0.2) is 0 Å². The molecule has 0 aliphatic heterocycles. The molecule has 0 bridgehead atoms. The fourth-order valence-electron chi connectivity index (χ4n) is 2.31. The van der Waals surface area contributed by atoms with E-state index in [-0.39, 0.29) is 0 Å². The summed E-state index contributed by atoms with van der Waals surface area (Å²) in [5.41, 5.74) is 2.74. The number of hydrogen-bond acceptors (Lipinski definition) is 2. The van der Waals surface area contributed by atoms with Gasteiger partial charge in [0.15, 0.2) is 0 Å². The van der Waals surface area contributed by atoms with Crippen molar-refractivity contribution < 1.29 is 0 Å². The van der Waals surface area contributed by atoms with Gasteiger partial charge >= 0.3 is 0 Å². The standard InChI is InChI=1S/C19H30N2/c1-6-13-21(14-7-2)15-11-10-12-18(8-3)17(5)19(9-4)16-20/h8-10,12H,4,6-7,11,13-15H2,1-3,5H3/b12-10+,18-8-,19-17+. The van der Waals surface area contributed by atoms with E-state index in [4.69, 9.17) is 5.26 Å². The summed E-state index contributed by atoms with van der Waals surface area (Å²) in [6.07, 6.45) is 11.4. The van der Waals surface area contributed by atoms with E-state index in [1.54, 1.807) is 6.08 Å². The first-order valence-corrected chi connectivity index (χ1v) is 7.93. The fraction of sp³-hybridized carbons (Fsp3) is 0.526. The smallest absolute Gasteiger partial charge is 0.0994 e. The average Bonchev–Trinajstić information content (AvgIpc) is 2.48. The zero-order valence-electron chi connectivity index (χ0n) is 14.2. The first-order chi connectivity index (χ1) is 10.1. The summed E-state index contributed by atoms with van der Waals surface area (Å²) in [6.45, 7) is 15.6. The third-order valence-corrected chi connectivity index (χ3v) is 3.46. The highest BCUT2D eigenvalue weighted by molar-refractivity contribution is 5.49. The fourth-order valence-corrected chi connectivity index (χ4v) is 2.31. The third-order valence-electron chi connectivity index (χ3n) is 3.46. The van der Waals surface area contributed by atoms with Crippen LogP contribution < -0.4 is 0 Å². The Bertz CT molecular complexity index is 427. The van der Waals surface area contributed by atoms with Crippen LogP contribution in [0.2, 0.25) is 0 Å². The van der Waals surface area contributed by atoms with Crippen molar-refractivity contribution in [2.24, 2.45) is 0 Å². The molecule has 0 atom stereocenters. The van der Waals surface area contributed by atoms with Crippen LogP contribution in [0.3, 0.4) is 0 Å². The van der Waals surface area contributed by atoms with Crippen LogP contribution in [0.5, 0.6) is 0 Å². The second-order valence-electron chi connectivity index (χ2n) is 5.13. The van der Waals surface area contributed by atoms with Crippen molar-refractivity contribution >= 4 is 0 Å². The first kappa shape index (κ1) is 19.4. The molecule has 0 aliphatic rings. The Morgan fingerprint density at radius 1 is 1.19 bits per heavy atom. The van der Waals surface area contributed by atoms with E-state index in [1.165, 1.54) is 25.9 Å². The maximum absolute atomic E-state index is 9.07. The van der Waals surface area contributed by atoms with Crippen LogP contribution in [-0.4, -0.2) is 24.5 Å². The van der Waals surface area contributed by atoms with E-state index in [0.29, 0.717) is 5.57 Å². The van der Waals surface area contributed by atoms with Crippen molar-refractivity contribution in [3.63, 3.8) is 0 Å². The lowest BCUT2D eigenvalue weighted by Crippen LogP contribution is -2.26. The second kappa shape index (κ2) is 12.2. The van der Waals surface area contributed by atoms with Gasteiger partial charge in [0.05, 0.1) is 11.6 Å². The summed E-state index contributed by atoms with van der Waals surface area (Å²) >= 11 is 0. The van der Waals surface area contributed by atoms with Crippen LogP contribution in [0.4, 0.5) is 0 Å². The minimum absolute atomic E-state index is 0.645. The normalized spacial score (nSPS) is 13.4. The van der Waals surface area contributed by atoms with Crippen LogP contribution in [0.15, 0.2) is 47.6 Å². The maximum Gasteiger partial charge on any atom is 0.0994 e. The van der Waals surface area contributed by atoms with Gasteiger partial charge < -0.3 is 4.90 Å². The second-order valence-corrected chi connectivity index (χ2v) is 5.13. The molecule has 0 heterocycles. The van der Waals surface area contributed by atoms with E-state index in [0.717, 1.165) is 24.1 Å². The number of nitrogens with zero attached hydrogens (tertiary/aromatic N) is 2. The summed E-state index contributed by atoms with van der Waals surface area (Å²) in [5, 5.41) is 9.07. The molecular formula is C19H30N2.